The Morgan fingerprint density at radius 2 is 2.00 bits per heavy atom. The van der Waals surface area contributed by atoms with E-state index in [0.29, 0.717) is 18.9 Å². The summed E-state index contributed by atoms with van der Waals surface area (Å²) < 4.78 is 10.7. The van der Waals surface area contributed by atoms with Crippen molar-refractivity contribution in [1.82, 2.24) is 15.2 Å². The molecule has 3 aromatic rings. The van der Waals surface area contributed by atoms with Gasteiger partial charge < -0.3 is 14.8 Å². The first-order chi connectivity index (χ1) is 16.2. The number of ether oxygens (including phenoxy) is 2. The quantitative estimate of drug-likeness (QED) is 0.521. The maximum absolute atomic E-state index is 12.5. The van der Waals surface area contributed by atoms with Gasteiger partial charge in [-0.25, -0.2) is 0 Å². The summed E-state index contributed by atoms with van der Waals surface area (Å²) in [5.41, 5.74) is 3.31. The van der Waals surface area contributed by atoms with Crippen LogP contribution in [0.4, 0.5) is 0 Å². The number of methoxy groups -OCH3 is 2. The molecule has 1 aliphatic heterocycles. The van der Waals surface area contributed by atoms with Crippen LogP contribution in [0.3, 0.4) is 0 Å². The van der Waals surface area contributed by atoms with Gasteiger partial charge in [-0.3, -0.25) is 14.7 Å². The van der Waals surface area contributed by atoms with Crippen LogP contribution in [0, 0.1) is 5.92 Å². The van der Waals surface area contributed by atoms with E-state index in [9.17, 15) is 4.79 Å². The first kappa shape index (κ1) is 23.1. The van der Waals surface area contributed by atoms with E-state index in [4.69, 9.17) is 9.47 Å². The topological polar surface area (TPSA) is 63.7 Å². The van der Waals surface area contributed by atoms with Gasteiger partial charge in [0.1, 0.15) is 11.5 Å². The molecule has 1 atom stereocenters. The Kier molecular flexibility index (Phi) is 7.79. The molecule has 0 saturated carbocycles. The number of carbonyl (C=O) groups is 1. The zero-order valence-electron chi connectivity index (χ0n) is 19.5. The number of rotatable bonds is 9. The van der Waals surface area contributed by atoms with E-state index in [1.165, 1.54) is 23.8 Å². The molecule has 1 saturated heterocycles. The van der Waals surface area contributed by atoms with Gasteiger partial charge in [-0.05, 0) is 55.5 Å². The zero-order valence-corrected chi connectivity index (χ0v) is 19.5. The number of aromatic nitrogens is 1. The standard InChI is InChI=1S/C27H33N3O3/c1-32-24-12-11-22(25(16-24)33-2)17-29-26(31)13-10-20-6-5-15-30(18-20)19-23-8-3-7-21-9-4-14-28-27(21)23/h3-4,7-9,11-12,14,16,20H,5-6,10,13,15,17-19H2,1-2H3,(H,29,31). The SMILES string of the molecule is COc1ccc(CNC(=O)CCC2CCCN(Cc3cccc4cccnc34)C2)c(OC)c1. The second-order valence-electron chi connectivity index (χ2n) is 8.73. The number of likely N-dealkylation sites (tertiary alicyclic amines) is 1. The molecular weight excluding hydrogens is 414 g/mol. The van der Waals surface area contributed by atoms with E-state index in [1.54, 1.807) is 14.2 Å². The molecule has 1 unspecified atom stereocenters. The number of benzene rings is 2. The molecule has 174 valence electrons. The van der Waals surface area contributed by atoms with Gasteiger partial charge in [0.05, 0.1) is 19.7 Å². The molecule has 0 aliphatic carbocycles. The second-order valence-corrected chi connectivity index (χ2v) is 8.73. The highest BCUT2D eigenvalue weighted by Gasteiger charge is 2.21. The van der Waals surface area contributed by atoms with Crippen LogP contribution < -0.4 is 14.8 Å². The van der Waals surface area contributed by atoms with Gasteiger partial charge in [0.2, 0.25) is 5.91 Å². The summed E-state index contributed by atoms with van der Waals surface area (Å²) in [5, 5.41) is 4.23. The number of pyridine rings is 1. The van der Waals surface area contributed by atoms with Gasteiger partial charge >= 0.3 is 0 Å². The van der Waals surface area contributed by atoms with Crippen molar-refractivity contribution in [2.24, 2.45) is 5.92 Å². The van der Waals surface area contributed by atoms with Gasteiger partial charge in [-0.15, -0.1) is 0 Å². The van der Waals surface area contributed by atoms with E-state index >= 15 is 0 Å². The number of carbonyl (C=O) groups excluding carboxylic acids is 1. The lowest BCUT2D eigenvalue weighted by molar-refractivity contribution is -0.121. The van der Waals surface area contributed by atoms with Crippen molar-refractivity contribution in [3.8, 4) is 11.5 Å². The molecule has 4 rings (SSSR count). The summed E-state index contributed by atoms with van der Waals surface area (Å²) >= 11 is 0. The summed E-state index contributed by atoms with van der Waals surface area (Å²) in [6.45, 7) is 3.50. The average Bonchev–Trinajstić information content (AvgIpc) is 2.86. The fraction of sp³-hybridized carbons (Fsp3) is 0.407. The fourth-order valence-corrected chi connectivity index (χ4v) is 4.68. The monoisotopic (exact) mass is 447 g/mol. The maximum Gasteiger partial charge on any atom is 0.220 e. The molecule has 6 nitrogen and oxygen atoms in total. The molecule has 2 heterocycles. The first-order valence-corrected chi connectivity index (χ1v) is 11.7. The Morgan fingerprint density at radius 1 is 1.12 bits per heavy atom. The molecule has 6 heteroatoms. The number of hydrogen-bond donors (Lipinski definition) is 1. The van der Waals surface area contributed by atoms with Gasteiger partial charge in [0.25, 0.3) is 0 Å². The Morgan fingerprint density at radius 3 is 2.85 bits per heavy atom. The number of para-hydroxylation sites is 1. The van der Waals surface area contributed by atoms with Crippen molar-refractivity contribution in [3.63, 3.8) is 0 Å². The van der Waals surface area contributed by atoms with Crippen LogP contribution in [-0.4, -0.2) is 43.1 Å². The number of nitrogens with zero attached hydrogens (tertiary/aromatic N) is 2. The van der Waals surface area contributed by atoms with E-state index in [2.05, 4.69) is 39.5 Å². The van der Waals surface area contributed by atoms with E-state index in [-0.39, 0.29) is 5.91 Å². The Labute approximate surface area is 195 Å². The summed E-state index contributed by atoms with van der Waals surface area (Å²) in [5.74, 6) is 2.09. The number of hydrogen-bond acceptors (Lipinski definition) is 5. The van der Waals surface area contributed by atoms with E-state index in [0.717, 1.165) is 48.6 Å². The highest BCUT2D eigenvalue weighted by Crippen LogP contribution is 2.26. The second kappa shape index (κ2) is 11.1. The van der Waals surface area contributed by atoms with Crippen LogP contribution in [0.5, 0.6) is 11.5 Å². The minimum atomic E-state index is 0.0863. The van der Waals surface area contributed by atoms with Gasteiger partial charge in [-0.2, -0.15) is 0 Å². The fourth-order valence-electron chi connectivity index (χ4n) is 4.68. The van der Waals surface area contributed by atoms with Crippen LogP contribution in [0.15, 0.2) is 54.7 Å². The Balaban J connectivity index is 1.26. The van der Waals surface area contributed by atoms with Crippen molar-refractivity contribution >= 4 is 16.8 Å². The Bertz CT molecular complexity index is 1080. The largest absolute Gasteiger partial charge is 0.497 e. The van der Waals surface area contributed by atoms with Crippen molar-refractivity contribution < 1.29 is 14.3 Å². The van der Waals surface area contributed by atoms with Gasteiger partial charge in [-0.1, -0.05) is 24.3 Å². The van der Waals surface area contributed by atoms with Crippen molar-refractivity contribution in [2.75, 3.05) is 27.3 Å². The summed E-state index contributed by atoms with van der Waals surface area (Å²) in [6.07, 6.45) is 5.69. The van der Waals surface area contributed by atoms with Crippen LogP contribution in [0.25, 0.3) is 10.9 Å². The average molecular weight is 448 g/mol. The van der Waals surface area contributed by atoms with Crippen LogP contribution in [0.1, 0.15) is 36.8 Å². The summed E-state index contributed by atoms with van der Waals surface area (Å²) in [6, 6.07) is 16.2. The minimum absolute atomic E-state index is 0.0863. The van der Waals surface area contributed by atoms with Gasteiger partial charge in [0, 0.05) is 49.3 Å². The molecule has 1 N–H and O–H groups in total. The Hall–Kier alpha value is -3.12. The molecular formula is C27H33N3O3. The molecule has 0 radical (unpaired) electrons. The van der Waals surface area contributed by atoms with E-state index in [1.807, 2.05) is 30.5 Å². The normalized spacial score (nSPS) is 16.5. The minimum Gasteiger partial charge on any atom is -0.497 e. The third-order valence-corrected chi connectivity index (χ3v) is 6.46. The van der Waals surface area contributed by atoms with Crippen LogP contribution in [-0.2, 0) is 17.9 Å². The first-order valence-electron chi connectivity index (χ1n) is 11.7. The molecule has 1 aromatic heterocycles. The lowest BCUT2D eigenvalue weighted by Gasteiger charge is -2.33. The van der Waals surface area contributed by atoms with Crippen LogP contribution >= 0.6 is 0 Å². The lowest BCUT2D eigenvalue weighted by atomic mass is 9.93. The smallest absolute Gasteiger partial charge is 0.220 e. The van der Waals surface area contributed by atoms with Crippen molar-refractivity contribution in [2.45, 2.75) is 38.8 Å². The molecule has 0 bridgehead atoms. The number of fused-ring (bicyclic) bond motifs is 1. The highest BCUT2D eigenvalue weighted by molar-refractivity contribution is 5.81. The maximum atomic E-state index is 12.5. The third-order valence-electron chi connectivity index (χ3n) is 6.46. The van der Waals surface area contributed by atoms with E-state index < -0.39 is 0 Å². The van der Waals surface area contributed by atoms with Crippen LogP contribution in [0.2, 0.25) is 0 Å². The molecule has 0 spiro atoms. The molecule has 2 aromatic carbocycles. The lowest BCUT2D eigenvalue weighted by Crippen LogP contribution is -2.35. The van der Waals surface area contributed by atoms with Crippen molar-refractivity contribution in [1.29, 1.82) is 0 Å². The molecule has 1 fully saturated rings. The number of amides is 1. The predicted molar refractivity (Wildman–Crippen MR) is 130 cm³/mol. The molecule has 1 amide bonds. The third kappa shape index (κ3) is 6.02. The van der Waals surface area contributed by atoms with Gasteiger partial charge in [0.15, 0.2) is 0 Å². The summed E-state index contributed by atoms with van der Waals surface area (Å²) in [7, 11) is 3.25. The highest BCUT2D eigenvalue weighted by atomic mass is 16.5. The summed E-state index contributed by atoms with van der Waals surface area (Å²) in [4.78, 5) is 19.6. The predicted octanol–water partition coefficient (Wildman–Crippen LogP) is 4.56. The number of nitrogens with one attached hydrogen (secondary N) is 1. The van der Waals surface area contributed by atoms with Crippen molar-refractivity contribution in [3.05, 3.63) is 65.9 Å². The number of piperidine rings is 1. The molecule has 1 aliphatic rings. The zero-order chi connectivity index (χ0) is 23.0. The molecule has 33 heavy (non-hydrogen) atoms.